The molecule has 2 N–H and O–H groups in total. The van der Waals surface area contributed by atoms with Crippen LogP contribution in [-0.2, 0) is 0 Å². The molecular weight excluding hydrogens is 259 g/mol. The number of rotatable bonds is 6. The molecule has 1 aromatic carbocycles. The third-order valence-electron chi connectivity index (χ3n) is 2.57. The Labute approximate surface area is 110 Å². The Morgan fingerprint density at radius 2 is 2.00 bits per heavy atom. The quantitative estimate of drug-likeness (QED) is 0.810. The third kappa shape index (κ3) is 5.38. The molecule has 108 valence electrons. The summed E-state index contributed by atoms with van der Waals surface area (Å²) in [5.74, 6) is 1.05. The Morgan fingerprint density at radius 1 is 1.32 bits per heavy atom. The number of hydrogen-bond acceptors (Lipinski definition) is 3. The summed E-state index contributed by atoms with van der Waals surface area (Å²) in [5, 5.41) is 0. The number of alkyl halides is 3. The summed E-state index contributed by atoms with van der Waals surface area (Å²) in [6, 6.07) is 4.86. The topological polar surface area (TPSA) is 44.5 Å². The minimum absolute atomic E-state index is 0.00754. The van der Waals surface area contributed by atoms with Gasteiger partial charge >= 0.3 is 6.18 Å². The fraction of sp³-hybridized carbons (Fsp3) is 0.538. The zero-order chi connectivity index (χ0) is 14.5. The van der Waals surface area contributed by atoms with Crippen LogP contribution in [0.1, 0.15) is 31.4 Å². The Kier molecular flexibility index (Phi) is 5.47. The first-order valence-corrected chi connectivity index (χ1v) is 5.96. The fourth-order valence-electron chi connectivity index (χ4n) is 1.60. The minimum Gasteiger partial charge on any atom is -0.497 e. The summed E-state index contributed by atoms with van der Waals surface area (Å²) in [6.45, 7) is 1.77. The maximum atomic E-state index is 12.0. The molecule has 0 bridgehead atoms. The maximum absolute atomic E-state index is 12.0. The van der Waals surface area contributed by atoms with Crippen LogP contribution in [0.3, 0.4) is 0 Å². The van der Waals surface area contributed by atoms with Gasteiger partial charge in [-0.25, -0.2) is 0 Å². The van der Waals surface area contributed by atoms with Gasteiger partial charge in [-0.05, 0) is 19.4 Å². The van der Waals surface area contributed by atoms with E-state index in [1.54, 1.807) is 25.1 Å². The lowest BCUT2D eigenvalue weighted by atomic mass is 10.1. The second kappa shape index (κ2) is 6.65. The fourth-order valence-corrected chi connectivity index (χ4v) is 1.60. The van der Waals surface area contributed by atoms with Gasteiger partial charge in [-0.15, -0.1) is 0 Å². The minimum atomic E-state index is -4.15. The van der Waals surface area contributed by atoms with Crippen LogP contribution < -0.4 is 15.2 Å². The van der Waals surface area contributed by atoms with Gasteiger partial charge in [-0.1, -0.05) is 6.07 Å². The van der Waals surface area contributed by atoms with Crippen molar-refractivity contribution in [2.75, 3.05) is 13.7 Å². The highest BCUT2D eigenvalue weighted by Crippen LogP contribution is 2.29. The van der Waals surface area contributed by atoms with E-state index in [-0.39, 0.29) is 19.1 Å². The van der Waals surface area contributed by atoms with E-state index < -0.39 is 12.6 Å². The summed E-state index contributed by atoms with van der Waals surface area (Å²) in [6.07, 6.45) is -5.09. The van der Waals surface area contributed by atoms with Gasteiger partial charge in [-0.2, -0.15) is 13.2 Å². The van der Waals surface area contributed by atoms with Gasteiger partial charge in [0, 0.05) is 24.1 Å². The molecule has 1 atom stereocenters. The molecule has 0 aliphatic carbocycles. The van der Waals surface area contributed by atoms with E-state index in [9.17, 15) is 13.2 Å². The molecule has 3 nitrogen and oxygen atoms in total. The van der Waals surface area contributed by atoms with Crippen molar-refractivity contribution in [3.8, 4) is 11.5 Å². The van der Waals surface area contributed by atoms with Crippen molar-refractivity contribution < 1.29 is 22.6 Å². The van der Waals surface area contributed by atoms with E-state index in [0.29, 0.717) is 11.5 Å². The molecule has 0 fully saturated rings. The number of ether oxygens (including phenoxy) is 2. The van der Waals surface area contributed by atoms with Crippen LogP contribution in [0.5, 0.6) is 11.5 Å². The lowest BCUT2D eigenvalue weighted by Crippen LogP contribution is -2.12. The van der Waals surface area contributed by atoms with E-state index >= 15 is 0 Å². The number of benzene rings is 1. The molecule has 0 radical (unpaired) electrons. The third-order valence-corrected chi connectivity index (χ3v) is 2.57. The Balaban J connectivity index is 2.65. The molecule has 1 rings (SSSR count). The summed E-state index contributed by atoms with van der Waals surface area (Å²) in [4.78, 5) is 0. The lowest BCUT2D eigenvalue weighted by Gasteiger charge is -2.15. The van der Waals surface area contributed by atoms with Crippen molar-refractivity contribution in [2.24, 2.45) is 5.73 Å². The summed E-state index contributed by atoms with van der Waals surface area (Å²) in [7, 11) is 1.51. The van der Waals surface area contributed by atoms with Gasteiger partial charge in [0.2, 0.25) is 0 Å². The van der Waals surface area contributed by atoms with Gasteiger partial charge in [-0.3, -0.25) is 0 Å². The normalized spacial score (nSPS) is 13.2. The van der Waals surface area contributed by atoms with Crippen molar-refractivity contribution in [1.29, 1.82) is 0 Å². The first-order valence-electron chi connectivity index (χ1n) is 5.96. The second-order valence-corrected chi connectivity index (χ2v) is 4.26. The van der Waals surface area contributed by atoms with Crippen LogP contribution in [0.2, 0.25) is 0 Å². The molecule has 0 aliphatic rings. The molecule has 0 saturated carbocycles. The summed E-state index contributed by atoms with van der Waals surface area (Å²) < 4.78 is 46.5. The van der Waals surface area contributed by atoms with E-state index in [4.69, 9.17) is 15.2 Å². The van der Waals surface area contributed by atoms with Crippen LogP contribution >= 0.6 is 0 Å². The molecule has 0 heterocycles. The van der Waals surface area contributed by atoms with Crippen LogP contribution in [0.15, 0.2) is 18.2 Å². The van der Waals surface area contributed by atoms with Gasteiger partial charge < -0.3 is 15.2 Å². The van der Waals surface area contributed by atoms with Gasteiger partial charge in [0.05, 0.1) is 13.7 Å². The maximum Gasteiger partial charge on any atom is 0.389 e. The first kappa shape index (κ1) is 15.6. The predicted octanol–water partition coefficient (Wildman–Crippen LogP) is 3.44. The zero-order valence-corrected chi connectivity index (χ0v) is 11.0. The first-order chi connectivity index (χ1) is 8.83. The average molecular weight is 277 g/mol. The molecule has 0 aliphatic heterocycles. The lowest BCUT2D eigenvalue weighted by molar-refractivity contribution is -0.136. The monoisotopic (exact) mass is 277 g/mol. The van der Waals surface area contributed by atoms with Crippen molar-refractivity contribution in [3.63, 3.8) is 0 Å². The summed E-state index contributed by atoms with van der Waals surface area (Å²) in [5.41, 5.74) is 6.52. The van der Waals surface area contributed by atoms with E-state index in [0.717, 1.165) is 5.56 Å². The molecule has 0 aromatic heterocycles. The highest BCUT2D eigenvalue weighted by molar-refractivity contribution is 5.42. The highest BCUT2D eigenvalue weighted by atomic mass is 19.4. The number of nitrogens with two attached hydrogens (primary N) is 1. The molecular formula is C13H18F3NO2. The number of halogens is 3. The van der Waals surface area contributed by atoms with Crippen molar-refractivity contribution in [2.45, 2.75) is 32.0 Å². The molecule has 0 saturated heterocycles. The molecule has 0 amide bonds. The molecule has 19 heavy (non-hydrogen) atoms. The van der Waals surface area contributed by atoms with E-state index in [1.165, 1.54) is 7.11 Å². The molecule has 6 heteroatoms. The molecule has 1 aromatic rings. The van der Waals surface area contributed by atoms with Gasteiger partial charge in [0.1, 0.15) is 11.5 Å². The standard InChI is InChI=1S/C13H18F3NO2/c1-9(17)11-5-4-10(18-2)8-12(11)19-7-3-6-13(14,15)16/h4-5,8-9H,3,6-7,17H2,1-2H3/t9-/m1/s1. The average Bonchev–Trinajstić information content (AvgIpc) is 2.33. The largest absolute Gasteiger partial charge is 0.497 e. The Bertz CT molecular complexity index is 405. The van der Waals surface area contributed by atoms with E-state index in [1.807, 2.05) is 0 Å². The molecule has 0 spiro atoms. The van der Waals surface area contributed by atoms with Crippen LogP contribution in [0.4, 0.5) is 13.2 Å². The van der Waals surface area contributed by atoms with Crippen LogP contribution in [0, 0.1) is 0 Å². The van der Waals surface area contributed by atoms with Crippen molar-refractivity contribution in [1.82, 2.24) is 0 Å². The molecule has 0 unspecified atom stereocenters. The van der Waals surface area contributed by atoms with Crippen LogP contribution in [-0.4, -0.2) is 19.9 Å². The second-order valence-electron chi connectivity index (χ2n) is 4.26. The SMILES string of the molecule is COc1ccc([C@@H](C)N)c(OCCCC(F)(F)F)c1. The van der Waals surface area contributed by atoms with Gasteiger partial charge in [0.15, 0.2) is 0 Å². The van der Waals surface area contributed by atoms with Gasteiger partial charge in [0.25, 0.3) is 0 Å². The number of methoxy groups -OCH3 is 1. The van der Waals surface area contributed by atoms with Crippen molar-refractivity contribution in [3.05, 3.63) is 23.8 Å². The predicted molar refractivity (Wildman–Crippen MR) is 66.4 cm³/mol. The smallest absolute Gasteiger partial charge is 0.389 e. The zero-order valence-electron chi connectivity index (χ0n) is 11.0. The Hall–Kier alpha value is -1.43. The van der Waals surface area contributed by atoms with E-state index in [2.05, 4.69) is 0 Å². The van der Waals surface area contributed by atoms with Crippen molar-refractivity contribution >= 4 is 0 Å². The highest BCUT2D eigenvalue weighted by Gasteiger charge is 2.26. The summed E-state index contributed by atoms with van der Waals surface area (Å²) >= 11 is 0. The van der Waals surface area contributed by atoms with Crippen LogP contribution in [0.25, 0.3) is 0 Å². The number of hydrogen-bond donors (Lipinski definition) is 1. The Morgan fingerprint density at radius 3 is 2.53 bits per heavy atom.